The van der Waals surface area contributed by atoms with E-state index in [-0.39, 0.29) is 12.5 Å². The minimum absolute atomic E-state index is 0.251. The van der Waals surface area contributed by atoms with Crippen LogP contribution in [0.5, 0.6) is 0 Å². The molecule has 0 spiro atoms. The Labute approximate surface area is 168 Å². The Balaban J connectivity index is 2.54. The van der Waals surface area contributed by atoms with Crippen molar-refractivity contribution >= 4 is 28.9 Å². The number of rotatable bonds is 13. The second-order valence-electron chi connectivity index (χ2n) is 6.87. The molecular formula is C21H36N4O3. The van der Waals surface area contributed by atoms with Gasteiger partial charge in [-0.15, -0.1) is 0 Å². The molecule has 5 N–H and O–H groups in total. The van der Waals surface area contributed by atoms with Crippen molar-refractivity contribution in [3.8, 4) is 0 Å². The number of ether oxygens (including phenoxy) is 1. The Kier molecular flexibility index (Phi) is 11.0. The highest BCUT2D eigenvalue weighted by Crippen LogP contribution is 2.21. The number of anilines is 3. The van der Waals surface area contributed by atoms with E-state index in [0.717, 1.165) is 45.3 Å². The third-order valence-corrected chi connectivity index (χ3v) is 4.85. The van der Waals surface area contributed by atoms with Gasteiger partial charge in [0.05, 0.1) is 18.0 Å². The number of unbranched alkanes of at least 4 members (excludes halogenated alkanes) is 3. The SMILES string of the molecule is CCOC(=O)C(CCCCCCN(CC)CC)C(=O)Nc1ccc(N)c(N)c1. The Morgan fingerprint density at radius 3 is 2.32 bits per heavy atom. The van der Waals surface area contributed by atoms with Gasteiger partial charge in [-0.2, -0.15) is 0 Å². The maximum absolute atomic E-state index is 12.6. The molecule has 1 unspecified atom stereocenters. The zero-order valence-corrected chi connectivity index (χ0v) is 17.5. The smallest absolute Gasteiger partial charge is 0.318 e. The van der Waals surface area contributed by atoms with Gasteiger partial charge in [-0.3, -0.25) is 9.59 Å². The molecule has 0 radical (unpaired) electrons. The number of nitrogen functional groups attached to an aromatic ring is 2. The van der Waals surface area contributed by atoms with E-state index in [0.29, 0.717) is 23.5 Å². The van der Waals surface area contributed by atoms with E-state index in [4.69, 9.17) is 16.2 Å². The first-order valence-corrected chi connectivity index (χ1v) is 10.3. The van der Waals surface area contributed by atoms with Crippen LogP contribution in [-0.4, -0.2) is 43.0 Å². The van der Waals surface area contributed by atoms with Crippen LogP contribution in [0.15, 0.2) is 18.2 Å². The van der Waals surface area contributed by atoms with Crippen LogP contribution >= 0.6 is 0 Å². The third kappa shape index (κ3) is 8.17. The van der Waals surface area contributed by atoms with Crippen molar-refractivity contribution in [2.75, 3.05) is 43.0 Å². The molecule has 7 nitrogen and oxygen atoms in total. The normalized spacial score (nSPS) is 12.0. The highest BCUT2D eigenvalue weighted by atomic mass is 16.5. The number of esters is 1. The number of amides is 1. The Morgan fingerprint density at radius 1 is 1.04 bits per heavy atom. The summed E-state index contributed by atoms with van der Waals surface area (Å²) in [5.74, 6) is -1.67. The fourth-order valence-electron chi connectivity index (χ4n) is 3.06. The summed E-state index contributed by atoms with van der Waals surface area (Å²) in [6.45, 7) is 9.55. The van der Waals surface area contributed by atoms with Crippen LogP contribution in [0.25, 0.3) is 0 Å². The van der Waals surface area contributed by atoms with Gasteiger partial charge in [0.15, 0.2) is 0 Å². The van der Waals surface area contributed by atoms with Crippen molar-refractivity contribution in [3.63, 3.8) is 0 Å². The van der Waals surface area contributed by atoms with E-state index in [1.54, 1.807) is 25.1 Å². The summed E-state index contributed by atoms with van der Waals surface area (Å²) in [5.41, 5.74) is 12.8. The molecule has 0 aliphatic carbocycles. The first-order chi connectivity index (χ1) is 13.4. The number of hydrogen-bond donors (Lipinski definition) is 3. The first kappa shape index (κ1) is 23.8. The van der Waals surface area contributed by atoms with E-state index in [2.05, 4.69) is 24.1 Å². The number of nitrogens with one attached hydrogen (secondary N) is 1. The Hall–Kier alpha value is -2.28. The summed E-state index contributed by atoms with van der Waals surface area (Å²) < 4.78 is 5.09. The zero-order chi connectivity index (χ0) is 20.9. The standard InChI is InChI=1S/C21H36N4O3/c1-4-25(5-2)14-10-8-7-9-11-17(21(27)28-6-3)20(26)24-16-12-13-18(22)19(23)15-16/h12-13,15,17H,4-11,14,22-23H2,1-3H3,(H,24,26). The average Bonchev–Trinajstić information content (AvgIpc) is 2.67. The molecule has 28 heavy (non-hydrogen) atoms. The lowest BCUT2D eigenvalue weighted by Gasteiger charge is -2.18. The van der Waals surface area contributed by atoms with Crippen LogP contribution in [-0.2, 0) is 14.3 Å². The van der Waals surface area contributed by atoms with Crippen molar-refractivity contribution in [2.45, 2.75) is 52.9 Å². The van der Waals surface area contributed by atoms with Crippen LogP contribution in [0.2, 0.25) is 0 Å². The molecule has 1 amide bonds. The van der Waals surface area contributed by atoms with Crippen LogP contribution in [0, 0.1) is 5.92 Å². The Bertz CT molecular complexity index is 618. The van der Waals surface area contributed by atoms with Gasteiger partial charge in [-0.1, -0.05) is 33.1 Å². The Morgan fingerprint density at radius 2 is 1.71 bits per heavy atom. The van der Waals surface area contributed by atoms with Crippen LogP contribution < -0.4 is 16.8 Å². The molecule has 1 rings (SSSR count). The van der Waals surface area contributed by atoms with E-state index in [9.17, 15) is 9.59 Å². The first-order valence-electron chi connectivity index (χ1n) is 10.3. The van der Waals surface area contributed by atoms with Gasteiger partial charge >= 0.3 is 5.97 Å². The molecule has 0 heterocycles. The molecule has 1 aromatic rings. The summed E-state index contributed by atoms with van der Waals surface area (Å²) in [6, 6.07) is 4.88. The van der Waals surface area contributed by atoms with Gasteiger partial charge in [-0.25, -0.2) is 0 Å². The minimum Gasteiger partial charge on any atom is -0.465 e. The molecule has 0 fully saturated rings. The number of nitrogens with zero attached hydrogens (tertiary/aromatic N) is 1. The lowest BCUT2D eigenvalue weighted by Crippen LogP contribution is -2.31. The fraction of sp³-hybridized carbons (Fsp3) is 0.619. The highest BCUT2D eigenvalue weighted by Gasteiger charge is 2.27. The summed E-state index contributed by atoms with van der Waals surface area (Å²) in [5, 5.41) is 2.75. The fourth-order valence-corrected chi connectivity index (χ4v) is 3.06. The summed E-state index contributed by atoms with van der Waals surface area (Å²) in [6.07, 6.45) is 4.48. The van der Waals surface area contributed by atoms with E-state index in [1.807, 2.05) is 0 Å². The lowest BCUT2D eigenvalue weighted by atomic mass is 9.99. The second kappa shape index (κ2) is 13.0. The maximum Gasteiger partial charge on any atom is 0.318 e. The quantitative estimate of drug-likeness (QED) is 0.206. The minimum atomic E-state index is -0.818. The number of carbonyl (C=O) groups is 2. The summed E-state index contributed by atoms with van der Waals surface area (Å²) in [7, 11) is 0. The predicted octanol–water partition coefficient (Wildman–Crippen LogP) is 3.26. The third-order valence-electron chi connectivity index (χ3n) is 4.85. The van der Waals surface area contributed by atoms with E-state index < -0.39 is 11.9 Å². The topological polar surface area (TPSA) is 111 Å². The lowest BCUT2D eigenvalue weighted by molar-refractivity contribution is -0.151. The maximum atomic E-state index is 12.6. The van der Waals surface area contributed by atoms with Crippen molar-refractivity contribution in [1.29, 1.82) is 0 Å². The molecule has 0 aliphatic heterocycles. The number of benzene rings is 1. The van der Waals surface area contributed by atoms with Crippen LogP contribution in [0.3, 0.4) is 0 Å². The van der Waals surface area contributed by atoms with Crippen molar-refractivity contribution in [1.82, 2.24) is 4.90 Å². The van der Waals surface area contributed by atoms with Gasteiger partial charge in [0.1, 0.15) is 5.92 Å². The monoisotopic (exact) mass is 392 g/mol. The molecule has 1 aromatic carbocycles. The summed E-state index contributed by atoms with van der Waals surface area (Å²) in [4.78, 5) is 27.3. The average molecular weight is 393 g/mol. The second-order valence-corrected chi connectivity index (χ2v) is 6.87. The van der Waals surface area contributed by atoms with Crippen molar-refractivity contribution in [2.24, 2.45) is 5.92 Å². The molecule has 0 aromatic heterocycles. The van der Waals surface area contributed by atoms with E-state index >= 15 is 0 Å². The van der Waals surface area contributed by atoms with Crippen LogP contribution in [0.1, 0.15) is 52.9 Å². The molecule has 7 heteroatoms. The number of carbonyl (C=O) groups excluding carboxylic acids is 2. The van der Waals surface area contributed by atoms with Crippen LogP contribution in [0.4, 0.5) is 17.1 Å². The zero-order valence-electron chi connectivity index (χ0n) is 17.5. The van der Waals surface area contributed by atoms with Gasteiger partial charge in [0.25, 0.3) is 0 Å². The van der Waals surface area contributed by atoms with Gasteiger partial charge < -0.3 is 26.4 Å². The molecule has 0 saturated carbocycles. The van der Waals surface area contributed by atoms with Gasteiger partial charge in [-0.05, 0) is 57.6 Å². The molecule has 0 aliphatic rings. The largest absolute Gasteiger partial charge is 0.465 e. The molecule has 0 saturated heterocycles. The van der Waals surface area contributed by atoms with Gasteiger partial charge in [0.2, 0.25) is 5.91 Å². The summed E-state index contributed by atoms with van der Waals surface area (Å²) >= 11 is 0. The van der Waals surface area contributed by atoms with Crippen molar-refractivity contribution in [3.05, 3.63) is 18.2 Å². The predicted molar refractivity (Wildman–Crippen MR) is 115 cm³/mol. The molecule has 0 bridgehead atoms. The molecular weight excluding hydrogens is 356 g/mol. The molecule has 158 valence electrons. The van der Waals surface area contributed by atoms with Crippen molar-refractivity contribution < 1.29 is 14.3 Å². The highest BCUT2D eigenvalue weighted by molar-refractivity contribution is 6.05. The van der Waals surface area contributed by atoms with Gasteiger partial charge in [0, 0.05) is 5.69 Å². The molecule has 1 atom stereocenters. The van der Waals surface area contributed by atoms with E-state index in [1.165, 1.54) is 0 Å². The number of hydrogen-bond acceptors (Lipinski definition) is 6. The number of nitrogens with two attached hydrogens (primary N) is 2.